The number of phenols is 4. The van der Waals surface area contributed by atoms with E-state index >= 15 is 0 Å². The summed E-state index contributed by atoms with van der Waals surface area (Å²) < 4.78 is 10.5. The molecule has 0 unspecified atom stereocenters. The van der Waals surface area contributed by atoms with E-state index in [4.69, 9.17) is 9.47 Å². The van der Waals surface area contributed by atoms with Gasteiger partial charge in [-0.2, -0.15) is 0 Å². The molecule has 4 aromatic rings. The minimum absolute atomic E-state index is 0.00711. The number of phenolic OH excluding ortho intramolecular Hbond substituents is 4. The molecule has 6 rings (SSSR count). The van der Waals surface area contributed by atoms with Crippen LogP contribution in [0.4, 0.5) is 5.69 Å². The minimum Gasteiger partial charge on any atom is -0.508 e. The van der Waals surface area contributed by atoms with Gasteiger partial charge in [-0.05, 0) is 121 Å². The van der Waals surface area contributed by atoms with Crippen molar-refractivity contribution in [3.63, 3.8) is 0 Å². The molecule has 0 saturated heterocycles. The zero-order chi connectivity index (χ0) is 37.0. The number of dihydropyridines is 1. The third-order valence-electron chi connectivity index (χ3n) is 10.4. The van der Waals surface area contributed by atoms with E-state index in [0.29, 0.717) is 42.9 Å². The van der Waals surface area contributed by atoms with Crippen LogP contribution in [0.15, 0.2) is 90.3 Å². The van der Waals surface area contributed by atoms with Crippen LogP contribution in [0.5, 0.6) is 34.5 Å². The average molecular weight is 711 g/mol. The number of allylic oxidation sites excluding steroid dienone is 2. The van der Waals surface area contributed by atoms with Gasteiger partial charge in [-0.15, -0.1) is 0 Å². The molecule has 2 aliphatic rings. The van der Waals surface area contributed by atoms with E-state index < -0.39 is 23.5 Å². The van der Waals surface area contributed by atoms with Crippen molar-refractivity contribution in [1.29, 1.82) is 0 Å². The standard InChI is InChI=1S/C41H46N2O9/c1-51-36-18-24(3-10-32(36)46)4-11-33(47)39(34(48)12-5-25-17-35(49)40(50)37(19-25)52-2)41(15-13-31(45)23-41)28-14-16-42-38(22-28)43-29-8-6-27-21-30(44)9-7-26(27)20-29/h3,6-10,14,17-22,31,33,39,42-47,49-50H,4-5,11-13,15-16,23H2,1-2H3/t31-,33+,39+,41+/m0/s1. The fourth-order valence-corrected chi connectivity index (χ4v) is 7.82. The van der Waals surface area contributed by atoms with Crippen LogP contribution in [0.3, 0.4) is 0 Å². The molecule has 0 spiro atoms. The van der Waals surface area contributed by atoms with Gasteiger partial charge in [0.05, 0.1) is 32.3 Å². The Labute approximate surface area is 302 Å². The number of methoxy groups -OCH3 is 2. The minimum atomic E-state index is -1.09. The number of hydrogen-bond acceptors (Lipinski definition) is 11. The number of aromatic hydroxyl groups is 4. The van der Waals surface area contributed by atoms with Crippen LogP contribution in [0.2, 0.25) is 0 Å². The van der Waals surface area contributed by atoms with Gasteiger partial charge in [0.1, 0.15) is 17.4 Å². The number of aliphatic hydroxyl groups is 2. The zero-order valence-corrected chi connectivity index (χ0v) is 29.3. The molecule has 1 fully saturated rings. The molecular formula is C41H46N2O9. The second kappa shape index (κ2) is 15.5. The number of carbonyl (C=O) groups excluding carboxylic acids is 1. The quantitative estimate of drug-likeness (QED) is 0.0741. The summed E-state index contributed by atoms with van der Waals surface area (Å²) in [5.74, 6) is -0.486. The maximum absolute atomic E-state index is 14.5. The molecule has 1 aliphatic carbocycles. The Morgan fingerprint density at radius 2 is 1.65 bits per heavy atom. The first-order chi connectivity index (χ1) is 25.0. The van der Waals surface area contributed by atoms with Crippen molar-refractivity contribution in [2.45, 2.75) is 57.2 Å². The molecule has 0 amide bonds. The van der Waals surface area contributed by atoms with Gasteiger partial charge in [0.25, 0.3) is 0 Å². The summed E-state index contributed by atoms with van der Waals surface area (Å²) in [6.07, 6.45) is 4.38. The second-order valence-corrected chi connectivity index (χ2v) is 13.7. The average Bonchev–Trinajstić information content (AvgIpc) is 3.53. The van der Waals surface area contributed by atoms with Gasteiger partial charge in [-0.1, -0.05) is 24.3 Å². The van der Waals surface area contributed by atoms with Crippen molar-refractivity contribution >= 4 is 22.2 Å². The topological polar surface area (TPSA) is 181 Å². The van der Waals surface area contributed by atoms with E-state index in [1.54, 1.807) is 30.3 Å². The molecule has 0 bridgehead atoms. The molecule has 274 valence electrons. The molecule has 8 N–H and O–H groups in total. The number of rotatable bonds is 14. The zero-order valence-electron chi connectivity index (χ0n) is 29.3. The lowest BCUT2D eigenvalue weighted by molar-refractivity contribution is -0.132. The number of aliphatic hydroxyl groups excluding tert-OH is 2. The van der Waals surface area contributed by atoms with Gasteiger partial charge in [0.2, 0.25) is 5.75 Å². The van der Waals surface area contributed by atoms with Crippen molar-refractivity contribution in [2.24, 2.45) is 11.3 Å². The maximum atomic E-state index is 14.5. The predicted molar refractivity (Wildman–Crippen MR) is 198 cm³/mol. The molecule has 1 saturated carbocycles. The molecule has 1 heterocycles. The van der Waals surface area contributed by atoms with Gasteiger partial charge >= 0.3 is 0 Å². The third-order valence-corrected chi connectivity index (χ3v) is 10.4. The lowest BCUT2D eigenvalue weighted by Crippen LogP contribution is -2.45. The molecule has 52 heavy (non-hydrogen) atoms. The molecule has 4 atom stereocenters. The molecule has 4 aromatic carbocycles. The molecule has 11 nitrogen and oxygen atoms in total. The number of ether oxygens (including phenoxy) is 2. The van der Waals surface area contributed by atoms with Crippen LogP contribution in [-0.2, 0) is 17.6 Å². The molecular weight excluding hydrogens is 664 g/mol. The third kappa shape index (κ3) is 7.75. The highest BCUT2D eigenvalue weighted by atomic mass is 16.5. The highest BCUT2D eigenvalue weighted by Crippen LogP contribution is 2.53. The van der Waals surface area contributed by atoms with Crippen molar-refractivity contribution in [2.75, 3.05) is 26.1 Å². The number of hydrogen-bond donors (Lipinski definition) is 8. The van der Waals surface area contributed by atoms with Gasteiger partial charge in [-0.25, -0.2) is 0 Å². The number of aryl methyl sites for hydroxylation is 2. The Morgan fingerprint density at radius 3 is 2.40 bits per heavy atom. The fraction of sp³-hybridized carbons (Fsp3) is 0.341. The van der Waals surface area contributed by atoms with Crippen molar-refractivity contribution < 1.29 is 44.9 Å². The fourth-order valence-electron chi connectivity index (χ4n) is 7.82. The Morgan fingerprint density at radius 1 is 0.904 bits per heavy atom. The summed E-state index contributed by atoms with van der Waals surface area (Å²) in [6, 6.07) is 19.0. The molecule has 0 radical (unpaired) electrons. The maximum Gasteiger partial charge on any atom is 0.200 e. The van der Waals surface area contributed by atoms with E-state index in [2.05, 4.69) is 10.6 Å². The van der Waals surface area contributed by atoms with E-state index in [0.717, 1.165) is 27.6 Å². The number of ketones is 1. The van der Waals surface area contributed by atoms with E-state index in [9.17, 15) is 35.4 Å². The number of nitrogens with one attached hydrogen (secondary N) is 2. The normalized spacial score (nSPS) is 19.7. The number of carbonyl (C=O) groups is 1. The Bertz CT molecular complexity index is 2010. The first kappa shape index (κ1) is 36.4. The monoisotopic (exact) mass is 710 g/mol. The van der Waals surface area contributed by atoms with Crippen LogP contribution in [0, 0.1) is 11.3 Å². The molecule has 1 aliphatic heterocycles. The van der Waals surface area contributed by atoms with Crippen LogP contribution >= 0.6 is 0 Å². The number of Topliss-reactive ketones (excluding diaryl/α,β-unsaturated/α-hetero) is 1. The predicted octanol–water partition coefficient (Wildman–Crippen LogP) is 5.81. The van der Waals surface area contributed by atoms with Crippen molar-refractivity contribution in [3.8, 4) is 34.5 Å². The van der Waals surface area contributed by atoms with Gasteiger partial charge in [0.15, 0.2) is 23.0 Å². The lowest BCUT2D eigenvalue weighted by atomic mass is 9.63. The highest BCUT2D eigenvalue weighted by molar-refractivity contribution is 5.87. The van der Waals surface area contributed by atoms with Crippen molar-refractivity contribution in [3.05, 3.63) is 101 Å². The second-order valence-electron chi connectivity index (χ2n) is 13.7. The SMILES string of the molecule is COc1cc(CC[C@@H](O)[C@H](C(=O)CCc2cc(O)c(O)c(OC)c2)[C@]2(C3=CCNC(Nc4ccc5cc(O)ccc5c4)=C3)CC[C@H](O)C2)ccc1O. The summed E-state index contributed by atoms with van der Waals surface area (Å²) in [5.41, 5.74) is 2.20. The molecule has 0 aromatic heterocycles. The van der Waals surface area contributed by atoms with E-state index in [-0.39, 0.29) is 60.2 Å². The molecule has 11 heteroatoms. The summed E-state index contributed by atoms with van der Waals surface area (Å²) in [6.45, 7) is 0.463. The van der Waals surface area contributed by atoms with Crippen LogP contribution < -0.4 is 20.1 Å². The van der Waals surface area contributed by atoms with Crippen molar-refractivity contribution in [1.82, 2.24) is 5.32 Å². The number of benzene rings is 4. The van der Waals surface area contributed by atoms with Gasteiger partial charge in [-0.3, -0.25) is 4.79 Å². The van der Waals surface area contributed by atoms with Gasteiger partial charge in [0, 0.05) is 24.1 Å². The van der Waals surface area contributed by atoms with Crippen LogP contribution in [0.25, 0.3) is 10.8 Å². The Hall–Kier alpha value is -5.39. The summed E-state index contributed by atoms with van der Waals surface area (Å²) >= 11 is 0. The van der Waals surface area contributed by atoms with Crippen LogP contribution in [-0.4, -0.2) is 69.4 Å². The highest BCUT2D eigenvalue weighted by Gasteiger charge is 2.52. The van der Waals surface area contributed by atoms with Crippen LogP contribution in [0.1, 0.15) is 43.2 Å². The largest absolute Gasteiger partial charge is 0.508 e. The van der Waals surface area contributed by atoms with E-state index in [1.807, 2.05) is 36.4 Å². The summed E-state index contributed by atoms with van der Waals surface area (Å²) in [7, 11) is 2.85. The number of anilines is 1. The van der Waals surface area contributed by atoms with Gasteiger partial charge < -0.3 is 50.7 Å². The summed E-state index contributed by atoms with van der Waals surface area (Å²) in [5, 5.41) is 72.2. The Kier molecular flexibility index (Phi) is 10.8. The van der Waals surface area contributed by atoms with E-state index in [1.165, 1.54) is 26.4 Å². The first-order valence-corrected chi connectivity index (χ1v) is 17.5. The lowest BCUT2D eigenvalue weighted by Gasteiger charge is -2.42. The smallest absolute Gasteiger partial charge is 0.200 e. The number of fused-ring (bicyclic) bond motifs is 1. The Balaban J connectivity index is 1.32. The summed E-state index contributed by atoms with van der Waals surface area (Å²) in [4.78, 5) is 14.5. The first-order valence-electron chi connectivity index (χ1n) is 17.5.